The Morgan fingerprint density at radius 3 is 2.31 bits per heavy atom. The Balaban J connectivity index is 1.42. The average Bonchev–Trinajstić information content (AvgIpc) is 3.41. The van der Waals surface area contributed by atoms with E-state index >= 15 is 0 Å². The van der Waals surface area contributed by atoms with E-state index in [2.05, 4.69) is 0 Å². The number of fused-ring (bicyclic) bond motifs is 2. The zero-order valence-corrected chi connectivity index (χ0v) is 31.1. The van der Waals surface area contributed by atoms with E-state index in [1.54, 1.807) is 34.6 Å². The number of esters is 4. The fourth-order valence-corrected chi connectivity index (χ4v) is 10.3. The molecule has 302 valence electrons. The Labute approximate surface area is 310 Å². The molecule has 2 unspecified atom stereocenters. The van der Waals surface area contributed by atoms with Gasteiger partial charge in [-0.05, 0) is 37.7 Å². The molecule has 1 spiro atoms. The summed E-state index contributed by atoms with van der Waals surface area (Å²) >= 11 is 0. The lowest BCUT2D eigenvalue weighted by Gasteiger charge is -2.67. The Morgan fingerprint density at radius 2 is 1.70 bits per heavy atom. The molecule has 2 saturated carbocycles. The predicted molar refractivity (Wildman–Crippen MR) is 175 cm³/mol. The van der Waals surface area contributed by atoms with Crippen molar-refractivity contribution in [2.24, 2.45) is 40.4 Å². The van der Waals surface area contributed by atoms with E-state index in [0.29, 0.717) is 0 Å². The number of methoxy groups -OCH3 is 1. The first-order chi connectivity index (χ1) is 25.1. The van der Waals surface area contributed by atoms with Gasteiger partial charge in [0.15, 0.2) is 11.5 Å². The van der Waals surface area contributed by atoms with Crippen molar-refractivity contribution < 1.29 is 87.8 Å². The number of Topliss-reactive ketones (excluding diaryl/α,β-unsaturated/α-hetero) is 1. The highest BCUT2D eigenvalue weighted by Crippen LogP contribution is 2.72. The van der Waals surface area contributed by atoms with Crippen LogP contribution in [0.1, 0.15) is 54.4 Å². The third-order valence-corrected chi connectivity index (χ3v) is 13.2. The number of ether oxygens (including phenoxy) is 7. The van der Waals surface area contributed by atoms with Crippen molar-refractivity contribution in [2.75, 3.05) is 20.3 Å². The van der Waals surface area contributed by atoms with Gasteiger partial charge in [-0.25, -0.2) is 9.59 Å². The zero-order valence-electron chi connectivity index (χ0n) is 31.1. The summed E-state index contributed by atoms with van der Waals surface area (Å²) in [4.78, 5) is 66.9. The van der Waals surface area contributed by atoms with Crippen LogP contribution < -0.4 is 0 Å². The van der Waals surface area contributed by atoms with Crippen LogP contribution in [-0.2, 0) is 57.1 Å². The van der Waals surface area contributed by atoms with E-state index in [4.69, 9.17) is 33.2 Å². The first-order valence-electron chi connectivity index (χ1n) is 18.1. The van der Waals surface area contributed by atoms with Crippen molar-refractivity contribution in [1.82, 2.24) is 0 Å². The van der Waals surface area contributed by atoms with E-state index in [-0.39, 0.29) is 25.2 Å². The van der Waals surface area contributed by atoms with Crippen LogP contribution in [0.4, 0.5) is 0 Å². The van der Waals surface area contributed by atoms with Crippen molar-refractivity contribution in [2.45, 2.75) is 121 Å². The number of ketones is 1. The molecule has 5 fully saturated rings. The number of rotatable bonds is 9. The highest BCUT2D eigenvalue weighted by molar-refractivity contribution is 5.97. The van der Waals surface area contributed by atoms with Gasteiger partial charge in [0.2, 0.25) is 18.0 Å². The largest absolute Gasteiger partial charge is 0.467 e. The molecular formula is C36H50O18. The molecular weight excluding hydrogens is 720 g/mol. The van der Waals surface area contributed by atoms with Gasteiger partial charge in [0, 0.05) is 30.1 Å². The van der Waals surface area contributed by atoms with Crippen LogP contribution in [-0.4, -0.2) is 147 Å². The first-order valence-corrected chi connectivity index (χ1v) is 18.1. The molecule has 54 heavy (non-hydrogen) atoms. The molecule has 0 amide bonds. The monoisotopic (exact) mass is 770 g/mol. The molecule has 3 heterocycles. The van der Waals surface area contributed by atoms with Crippen LogP contribution in [0.5, 0.6) is 0 Å². The van der Waals surface area contributed by atoms with Gasteiger partial charge in [-0.1, -0.05) is 20.8 Å². The third kappa shape index (κ3) is 5.70. The molecule has 3 saturated heterocycles. The Morgan fingerprint density at radius 1 is 1.04 bits per heavy atom. The lowest BCUT2D eigenvalue weighted by Crippen LogP contribution is -2.79. The summed E-state index contributed by atoms with van der Waals surface area (Å²) in [5.41, 5.74) is -6.39. The van der Waals surface area contributed by atoms with Gasteiger partial charge in [0.1, 0.15) is 42.2 Å². The highest BCUT2D eigenvalue weighted by Gasteiger charge is 2.85. The van der Waals surface area contributed by atoms with Crippen LogP contribution in [0.2, 0.25) is 0 Å². The minimum atomic E-state index is -2.41. The number of hydrogen-bond acceptors (Lipinski definition) is 18. The fraction of sp³-hybridized carbons (Fsp3) is 0.806. The van der Waals surface area contributed by atoms with E-state index in [9.17, 15) is 54.6 Å². The molecule has 0 aromatic heterocycles. The van der Waals surface area contributed by atoms with Crippen molar-refractivity contribution in [3.63, 3.8) is 0 Å². The van der Waals surface area contributed by atoms with Gasteiger partial charge in [0.25, 0.3) is 0 Å². The van der Waals surface area contributed by atoms with E-state index in [1.807, 2.05) is 0 Å². The second-order valence-electron chi connectivity index (χ2n) is 16.4. The van der Waals surface area contributed by atoms with Crippen LogP contribution in [0.3, 0.4) is 0 Å². The Hall–Kier alpha value is -3.23. The van der Waals surface area contributed by atoms with Crippen molar-refractivity contribution in [3.8, 4) is 0 Å². The summed E-state index contributed by atoms with van der Waals surface area (Å²) < 4.78 is 39.9. The standard InChI is InChI=1S/C36H50O18/c1-13(33(4,5)54-15(3)38)8-20(39)53-26-28-35-12-49-36(28,32(47)48-7)29(45)25(44)27(35)34(6)10-17(21(40)14(2)16(34)9-19(35)52-30(26)46)50-31-24(43)23(42)22(41)18(11-37)51-31/h10,13-14,16,18-19,22-29,31,37,41-45H,8-9,11-12H2,1-7H3/t13?,14-,16-,18+,19+,22+,23-,24+,25+,26+,27?,28+,29-,31+,34-,35+,36-/m0/s1. The number of aliphatic hydroxyl groups excluding tert-OH is 6. The maximum absolute atomic E-state index is 13.9. The number of aliphatic hydroxyl groups is 6. The number of allylic oxidation sites excluding steroid dienone is 2. The number of carbonyl (C=O) groups is 5. The molecule has 0 radical (unpaired) electrons. The molecule has 6 N–H and O–H groups in total. The molecule has 0 aromatic carbocycles. The van der Waals surface area contributed by atoms with Crippen LogP contribution in [0.15, 0.2) is 11.8 Å². The predicted octanol–water partition coefficient (Wildman–Crippen LogP) is -1.97. The second-order valence-corrected chi connectivity index (χ2v) is 16.4. The van der Waals surface area contributed by atoms with Crippen molar-refractivity contribution in [3.05, 3.63) is 11.8 Å². The van der Waals surface area contributed by atoms with Gasteiger partial charge >= 0.3 is 23.9 Å². The molecule has 0 aromatic rings. The van der Waals surface area contributed by atoms with Gasteiger partial charge in [-0.3, -0.25) is 14.4 Å². The third-order valence-electron chi connectivity index (χ3n) is 13.2. The zero-order chi connectivity index (χ0) is 40.0. The lowest BCUT2D eigenvalue weighted by molar-refractivity contribution is -0.296. The smallest absolute Gasteiger partial charge is 0.348 e. The Bertz CT molecular complexity index is 1590. The number of hydrogen-bond donors (Lipinski definition) is 6. The van der Waals surface area contributed by atoms with Crippen molar-refractivity contribution >= 4 is 29.7 Å². The quantitative estimate of drug-likeness (QED) is 0.110. The summed E-state index contributed by atoms with van der Waals surface area (Å²) in [5.74, 6) is -9.41. The second kappa shape index (κ2) is 13.8. The van der Waals surface area contributed by atoms with Gasteiger partial charge in [-0.2, -0.15) is 0 Å². The highest BCUT2D eigenvalue weighted by atomic mass is 16.7. The summed E-state index contributed by atoms with van der Waals surface area (Å²) in [6.07, 6.45) is -14.1. The minimum Gasteiger partial charge on any atom is -0.467 e. The van der Waals surface area contributed by atoms with Gasteiger partial charge < -0.3 is 63.8 Å². The normalized spacial score (nSPS) is 45.9. The van der Waals surface area contributed by atoms with Gasteiger partial charge in [0.05, 0.1) is 38.8 Å². The van der Waals surface area contributed by atoms with Crippen LogP contribution in [0, 0.1) is 40.4 Å². The molecule has 6 rings (SSSR count). The molecule has 18 heteroatoms. The summed E-state index contributed by atoms with van der Waals surface area (Å²) in [5, 5.41) is 65.1. The average molecular weight is 771 g/mol. The Kier molecular flexibility index (Phi) is 10.3. The van der Waals surface area contributed by atoms with Crippen LogP contribution >= 0.6 is 0 Å². The molecule has 3 aliphatic heterocycles. The van der Waals surface area contributed by atoms with E-state index in [0.717, 1.165) is 7.11 Å². The summed E-state index contributed by atoms with van der Waals surface area (Å²) in [7, 11) is 1.03. The van der Waals surface area contributed by atoms with E-state index in [1.165, 1.54) is 13.0 Å². The van der Waals surface area contributed by atoms with Crippen LogP contribution in [0.25, 0.3) is 0 Å². The summed E-state index contributed by atoms with van der Waals surface area (Å²) in [6, 6.07) is 0. The van der Waals surface area contributed by atoms with Gasteiger partial charge in [-0.15, -0.1) is 0 Å². The first kappa shape index (κ1) is 40.4. The minimum absolute atomic E-state index is 0.00365. The molecule has 17 atom stereocenters. The SMILES string of the molecule is COC(=O)[C@@]12OC[C@]34C([C@@H](O)[C@@H]1O)[C@@]1(C)C=C(O[C@@H]5O[C@H](CO)[C@@H](O)[C@H](O)[C@H]5O)C(=O)[C@@H](C)[C@@H]1C[C@H]3OC(=O)[C@H](OC(=O)CC(C)C(C)(C)OC(C)=O)[C@@H]24. The molecule has 3 aliphatic carbocycles. The summed E-state index contributed by atoms with van der Waals surface area (Å²) in [6.45, 7) is 8.23. The molecule has 6 aliphatic rings. The lowest BCUT2D eigenvalue weighted by atomic mass is 9.38. The maximum atomic E-state index is 13.9. The van der Waals surface area contributed by atoms with E-state index < -0.39 is 143 Å². The van der Waals surface area contributed by atoms with Crippen molar-refractivity contribution in [1.29, 1.82) is 0 Å². The maximum Gasteiger partial charge on any atom is 0.348 e. The number of carbonyl (C=O) groups excluding carboxylic acids is 5. The topological polar surface area (TPSA) is 271 Å². The molecule has 18 nitrogen and oxygen atoms in total. The fourth-order valence-electron chi connectivity index (χ4n) is 10.3. The molecule has 2 bridgehead atoms.